The number of benzene rings is 5. The van der Waals surface area contributed by atoms with Crippen LogP contribution in [0.1, 0.15) is 16.7 Å². The van der Waals surface area contributed by atoms with Crippen molar-refractivity contribution in [1.29, 1.82) is 10.5 Å². The van der Waals surface area contributed by atoms with Crippen LogP contribution in [0.2, 0.25) is 0 Å². The summed E-state index contributed by atoms with van der Waals surface area (Å²) in [6, 6.07) is 36.1. The summed E-state index contributed by atoms with van der Waals surface area (Å²) in [6.07, 6.45) is -1.24. The molecule has 0 amide bonds. The number of alkyl halides is 3. The summed E-state index contributed by atoms with van der Waals surface area (Å²) in [6.45, 7) is 0. The first-order valence-corrected chi connectivity index (χ1v) is 14.4. The molecule has 0 atom stereocenters. The maximum absolute atomic E-state index is 14.3. The molecule has 0 unspecified atom stereocenters. The van der Waals surface area contributed by atoms with Gasteiger partial charge in [0, 0.05) is 45.1 Å². The van der Waals surface area contributed by atoms with E-state index in [0.717, 1.165) is 44.3 Å². The third-order valence-corrected chi connectivity index (χ3v) is 8.50. The van der Waals surface area contributed by atoms with Gasteiger partial charge in [-0.2, -0.15) is 23.7 Å². The Morgan fingerprint density at radius 3 is 1.65 bits per heavy atom. The highest BCUT2D eigenvalue weighted by Crippen LogP contribution is 2.42. The molecular weight excluding hydrogens is 583 g/mol. The average Bonchev–Trinajstić information content (AvgIpc) is 3.59. The molecule has 0 radical (unpaired) electrons. The number of halogens is 3. The number of fused-ring (bicyclic) bond motifs is 6. The van der Waals surface area contributed by atoms with Gasteiger partial charge in [0.1, 0.15) is 0 Å². The van der Waals surface area contributed by atoms with Gasteiger partial charge < -0.3 is 9.13 Å². The Kier molecular flexibility index (Phi) is 5.96. The van der Waals surface area contributed by atoms with Crippen LogP contribution in [0.3, 0.4) is 0 Å². The van der Waals surface area contributed by atoms with E-state index in [4.69, 9.17) is 0 Å². The second kappa shape index (κ2) is 10.1. The van der Waals surface area contributed by atoms with Gasteiger partial charge in [0.15, 0.2) is 0 Å². The van der Waals surface area contributed by atoms with Crippen LogP contribution in [-0.2, 0) is 6.18 Å². The predicted molar refractivity (Wildman–Crippen MR) is 173 cm³/mol. The van der Waals surface area contributed by atoms with E-state index < -0.39 is 11.7 Å². The van der Waals surface area contributed by atoms with E-state index in [-0.39, 0.29) is 0 Å². The largest absolute Gasteiger partial charge is 0.416 e. The Bertz CT molecular complexity index is 2610. The zero-order valence-corrected chi connectivity index (χ0v) is 23.9. The van der Waals surface area contributed by atoms with Gasteiger partial charge in [-0.3, -0.25) is 4.98 Å². The van der Waals surface area contributed by atoms with Crippen molar-refractivity contribution in [2.24, 2.45) is 0 Å². The molecule has 5 aromatic carbocycles. The summed E-state index contributed by atoms with van der Waals surface area (Å²) in [4.78, 5) is 4.44. The van der Waals surface area contributed by atoms with Crippen molar-refractivity contribution < 1.29 is 13.2 Å². The molecule has 0 N–H and O–H groups in total. The molecule has 0 aliphatic rings. The lowest BCUT2D eigenvalue weighted by molar-refractivity contribution is -0.137. The number of rotatable bonds is 3. The molecule has 0 aliphatic heterocycles. The molecule has 46 heavy (non-hydrogen) atoms. The van der Waals surface area contributed by atoms with E-state index in [1.165, 1.54) is 12.1 Å². The topological polar surface area (TPSA) is 70.3 Å². The van der Waals surface area contributed by atoms with E-state index in [1.807, 2.05) is 71.3 Å². The fraction of sp³-hybridized carbons (Fsp3) is 0.0263. The fourth-order valence-electron chi connectivity index (χ4n) is 6.51. The molecule has 3 heterocycles. The molecule has 0 bridgehead atoms. The van der Waals surface area contributed by atoms with Crippen molar-refractivity contribution in [2.75, 3.05) is 0 Å². The number of hydrogen-bond donors (Lipinski definition) is 0. The SMILES string of the molecule is N#Cc1ccc2c(c1)c1ccccc1n2-c1ccncc1-c1ccc(C(F)(F)F)cc1-n1c2ccccc2c2cc(C#N)ccc21. The standard InChI is InChI=1S/C38H20F3N5/c39-38(40,41)25-11-12-28(37(19-25)46-33-8-4-2-6-27(33)30-18-24(21-43)10-14-35(30)46)31-22-44-16-15-36(31)45-32-7-3-1-5-26(32)29-17-23(20-42)9-13-34(29)45/h1-19,22H. The zero-order chi connectivity index (χ0) is 31.6. The predicted octanol–water partition coefficient (Wildman–Crippen LogP) is 9.70. The lowest BCUT2D eigenvalue weighted by atomic mass is 10.00. The third kappa shape index (κ3) is 4.05. The van der Waals surface area contributed by atoms with Crippen LogP contribution in [-0.4, -0.2) is 14.1 Å². The number of para-hydroxylation sites is 2. The normalized spacial score (nSPS) is 11.8. The van der Waals surface area contributed by atoms with Crippen molar-refractivity contribution in [3.8, 4) is 34.6 Å². The minimum atomic E-state index is -4.58. The summed E-state index contributed by atoms with van der Waals surface area (Å²) in [7, 11) is 0. The van der Waals surface area contributed by atoms with Gasteiger partial charge in [-0.15, -0.1) is 0 Å². The molecule has 0 saturated carbocycles. The van der Waals surface area contributed by atoms with Crippen LogP contribution < -0.4 is 0 Å². The third-order valence-electron chi connectivity index (χ3n) is 8.50. The van der Waals surface area contributed by atoms with Gasteiger partial charge in [-0.05, 0) is 66.7 Å². The lowest BCUT2D eigenvalue weighted by Gasteiger charge is -2.19. The monoisotopic (exact) mass is 603 g/mol. The van der Waals surface area contributed by atoms with Crippen LogP contribution in [0.25, 0.3) is 66.1 Å². The van der Waals surface area contributed by atoms with Gasteiger partial charge in [-0.25, -0.2) is 0 Å². The molecule has 0 aliphatic carbocycles. The highest BCUT2D eigenvalue weighted by atomic mass is 19.4. The summed E-state index contributed by atoms with van der Waals surface area (Å²) >= 11 is 0. The molecule has 0 saturated heterocycles. The van der Waals surface area contributed by atoms with E-state index >= 15 is 0 Å². The molecule has 218 valence electrons. The molecule has 8 aromatic rings. The molecule has 0 fully saturated rings. The minimum absolute atomic E-state index is 0.326. The first-order valence-electron chi connectivity index (χ1n) is 14.4. The van der Waals surface area contributed by atoms with E-state index in [1.54, 1.807) is 36.7 Å². The van der Waals surface area contributed by atoms with E-state index in [9.17, 15) is 23.7 Å². The molecule has 3 aromatic heterocycles. The second-order valence-electron chi connectivity index (χ2n) is 11.0. The van der Waals surface area contributed by atoms with Crippen molar-refractivity contribution in [1.82, 2.24) is 14.1 Å². The lowest BCUT2D eigenvalue weighted by Crippen LogP contribution is -2.08. The maximum atomic E-state index is 14.3. The van der Waals surface area contributed by atoms with Crippen molar-refractivity contribution >= 4 is 43.6 Å². The van der Waals surface area contributed by atoms with Gasteiger partial charge in [0.05, 0.1) is 62.3 Å². The fourth-order valence-corrected chi connectivity index (χ4v) is 6.51. The highest BCUT2D eigenvalue weighted by molar-refractivity contribution is 6.11. The number of pyridine rings is 1. The first kappa shape index (κ1) is 27.2. The molecule has 5 nitrogen and oxygen atoms in total. The van der Waals surface area contributed by atoms with E-state index in [0.29, 0.717) is 39.0 Å². The summed E-state index contributed by atoms with van der Waals surface area (Å²) < 4.78 is 46.8. The van der Waals surface area contributed by atoms with Crippen LogP contribution in [0.5, 0.6) is 0 Å². The molecule has 8 rings (SSSR count). The Morgan fingerprint density at radius 1 is 0.543 bits per heavy atom. The Labute approximate surface area is 260 Å². The van der Waals surface area contributed by atoms with Crippen LogP contribution in [0.15, 0.2) is 122 Å². The molecule has 0 spiro atoms. The van der Waals surface area contributed by atoms with Crippen molar-refractivity contribution in [2.45, 2.75) is 6.18 Å². The van der Waals surface area contributed by atoms with E-state index in [2.05, 4.69) is 21.7 Å². The highest BCUT2D eigenvalue weighted by Gasteiger charge is 2.32. The van der Waals surface area contributed by atoms with Crippen LogP contribution >= 0.6 is 0 Å². The quantitative estimate of drug-likeness (QED) is 0.202. The van der Waals surface area contributed by atoms with Crippen LogP contribution in [0, 0.1) is 22.7 Å². The van der Waals surface area contributed by atoms with Gasteiger partial charge in [-0.1, -0.05) is 42.5 Å². The maximum Gasteiger partial charge on any atom is 0.416 e. The van der Waals surface area contributed by atoms with Gasteiger partial charge in [0.2, 0.25) is 0 Å². The van der Waals surface area contributed by atoms with Gasteiger partial charge in [0.25, 0.3) is 0 Å². The van der Waals surface area contributed by atoms with Crippen molar-refractivity contribution in [3.05, 3.63) is 138 Å². The summed E-state index contributed by atoms with van der Waals surface area (Å²) in [5.41, 5.74) is 5.54. The number of nitriles is 2. The minimum Gasteiger partial charge on any atom is -0.309 e. The zero-order valence-electron chi connectivity index (χ0n) is 23.9. The van der Waals surface area contributed by atoms with Crippen LogP contribution in [0.4, 0.5) is 13.2 Å². The summed E-state index contributed by atoms with van der Waals surface area (Å²) in [5.74, 6) is 0. The Morgan fingerprint density at radius 2 is 1.09 bits per heavy atom. The second-order valence-corrected chi connectivity index (χ2v) is 11.0. The Balaban J connectivity index is 1.49. The van der Waals surface area contributed by atoms with Gasteiger partial charge >= 0.3 is 6.18 Å². The smallest absolute Gasteiger partial charge is 0.309 e. The first-order chi connectivity index (χ1) is 22.4. The molecular formula is C38H20F3N5. The Hall–Kier alpha value is -6.38. The summed E-state index contributed by atoms with van der Waals surface area (Å²) in [5, 5.41) is 22.6. The molecule has 8 heteroatoms. The number of nitrogens with zero attached hydrogens (tertiary/aromatic N) is 5. The average molecular weight is 604 g/mol. The number of hydrogen-bond acceptors (Lipinski definition) is 3. The van der Waals surface area contributed by atoms with Crippen molar-refractivity contribution in [3.63, 3.8) is 0 Å². The number of aromatic nitrogens is 3.